The summed E-state index contributed by atoms with van der Waals surface area (Å²) in [7, 11) is 0. The first-order valence-electron chi connectivity index (χ1n) is 5.92. The zero-order chi connectivity index (χ0) is 11.5. The van der Waals surface area contributed by atoms with E-state index < -0.39 is 0 Å². The summed E-state index contributed by atoms with van der Waals surface area (Å²) < 4.78 is 0. The fourth-order valence-corrected chi connectivity index (χ4v) is 2.30. The largest absolute Gasteiger partial charge is 0.355 e. The molecule has 15 heavy (non-hydrogen) atoms. The highest BCUT2D eigenvalue weighted by atomic mass is 35.5. The van der Waals surface area contributed by atoms with Gasteiger partial charge in [0.15, 0.2) is 0 Å². The summed E-state index contributed by atoms with van der Waals surface area (Å²) in [5.74, 6) is 1.70. The number of carbonyl (C=O) groups excluding carboxylic acids is 1. The molecule has 0 heterocycles. The van der Waals surface area contributed by atoms with Crippen LogP contribution in [0.1, 0.15) is 40.0 Å². The van der Waals surface area contributed by atoms with E-state index in [0.29, 0.717) is 11.8 Å². The van der Waals surface area contributed by atoms with Gasteiger partial charge in [-0.2, -0.15) is 0 Å². The summed E-state index contributed by atoms with van der Waals surface area (Å²) in [6.45, 7) is 7.12. The molecule has 0 radical (unpaired) electrons. The molecular weight excluding hydrogens is 210 g/mol. The molecule has 3 heteroatoms. The second-order valence-electron chi connectivity index (χ2n) is 4.88. The Labute approximate surface area is 97.8 Å². The van der Waals surface area contributed by atoms with Crippen molar-refractivity contribution in [3.05, 3.63) is 0 Å². The Morgan fingerprint density at radius 1 is 1.47 bits per heavy atom. The van der Waals surface area contributed by atoms with Gasteiger partial charge in [0.1, 0.15) is 0 Å². The van der Waals surface area contributed by atoms with Gasteiger partial charge in [-0.1, -0.05) is 20.8 Å². The normalized spacial score (nSPS) is 25.1. The standard InChI is InChI=1S/C12H22ClNO/c1-4-12(5-2,7-13)8-14-11(15)10-6-9(10)3/h9-10H,4-8H2,1-3H3,(H,14,15). The molecule has 88 valence electrons. The Bertz CT molecular complexity index is 217. The highest BCUT2D eigenvalue weighted by molar-refractivity contribution is 6.18. The van der Waals surface area contributed by atoms with Crippen LogP contribution >= 0.6 is 11.6 Å². The predicted molar refractivity (Wildman–Crippen MR) is 64.0 cm³/mol. The maximum Gasteiger partial charge on any atom is 0.223 e. The molecule has 2 nitrogen and oxygen atoms in total. The van der Waals surface area contributed by atoms with Crippen LogP contribution in [0, 0.1) is 17.3 Å². The summed E-state index contributed by atoms with van der Waals surface area (Å²) in [6, 6.07) is 0. The molecule has 1 aliphatic rings. The minimum absolute atomic E-state index is 0.0926. The molecule has 2 unspecified atom stereocenters. The van der Waals surface area contributed by atoms with Crippen LogP contribution in [0.25, 0.3) is 0 Å². The number of halogens is 1. The van der Waals surface area contributed by atoms with E-state index in [1.165, 1.54) is 0 Å². The average Bonchev–Trinajstić information content (AvgIpc) is 2.98. The molecule has 1 saturated carbocycles. The molecule has 0 spiro atoms. The second kappa shape index (κ2) is 5.20. The number of amides is 1. The molecule has 0 bridgehead atoms. The lowest BCUT2D eigenvalue weighted by Gasteiger charge is -2.29. The predicted octanol–water partition coefficient (Wildman–Crippen LogP) is 2.80. The summed E-state index contributed by atoms with van der Waals surface area (Å²) in [5, 5.41) is 3.05. The van der Waals surface area contributed by atoms with Crippen molar-refractivity contribution < 1.29 is 4.79 Å². The Balaban J connectivity index is 2.36. The Morgan fingerprint density at radius 2 is 2.00 bits per heavy atom. The highest BCUT2D eigenvalue weighted by Crippen LogP contribution is 2.38. The molecule has 0 aromatic rings. The molecule has 0 aliphatic heterocycles. The van der Waals surface area contributed by atoms with Crippen molar-refractivity contribution in [2.75, 3.05) is 12.4 Å². The number of rotatable bonds is 6. The molecule has 0 aromatic heterocycles. The van der Waals surface area contributed by atoms with E-state index in [-0.39, 0.29) is 17.2 Å². The van der Waals surface area contributed by atoms with Gasteiger partial charge in [0.2, 0.25) is 5.91 Å². The van der Waals surface area contributed by atoms with E-state index in [0.717, 1.165) is 25.8 Å². The third kappa shape index (κ3) is 3.10. The van der Waals surface area contributed by atoms with Gasteiger partial charge in [0, 0.05) is 23.8 Å². The minimum atomic E-state index is 0.0926. The van der Waals surface area contributed by atoms with Crippen molar-refractivity contribution in [2.24, 2.45) is 17.3 Å². The van der Waals surface area contributed by atoms with Crippen LogP contribution in [0.3, 0.4) is 0 Å². The van der Waals surface area contributed by atoms with Crippen molar-refractivity contribution in [1.29, 1.82) is 0 Å². The van der Waals surface area contributed by atoms with Gasteiger partial charge in [-0.3, -0.25) is 4.79 Å². The number of nitrogens with one attached hydrogen (secondary N) is 1. The molecular formula is C12H22ClNO. The molecule has 0 aromatic carbocycles. The SMILES string of the molecule is CCC(CC)(CCl)CNC(=O)C1CC1C. The molecule has 1 fully saturated rings. The molecule has 1 N–H and O–H groups in total. The van der Waals surface area contributed by atoms with Crippen LogP contribution in [0.2, 0.25) is 0 Å². The smallest absolute Gasteiger partial charge is 0.223 e. The molecule has 1 aliphatic carbocycles. The van der Waals surface area contributed by atoms with Gasteiger partial charge in [0.25, 0.3) is 0 Å². The van der Waals surface area contributed by atoms with Crippen molar-refractivity contribution in [1.82, 2.24) is 5.32 Å². The third-order valence-corrected chi connectivity index (χ3v) is 4.43. The molecule has 2 atom stereocenters. The molecule has 0 saturated heterocycles. The number of carbonyl (C=O) groups is 1. The Kier molecular flexibility index (Phi) is 4.45. The lowest BCUT2D eigenvalue weighted by Crippen LogP contribution is -2.39. The van der Waals surface area contributed by atoms with E-state index in [1.54, 1.807) is 0 Å². The first-order chi connectivity index (χ1) is 7.08. The van der Waals surface area contributed by atoms with Gasteiger partial charge >= 0.3 is 0 Å². The van der Waals surface area contributed by atoms with Gasteiger partial charge in [0.05, 0.1) is 0 Å². The third-order valence-electron chi connectivity index (χ3n) is 3.87. The Morgan fingerprint density at radius 3 is 2.33 bits per heavy atom. The van der Waals surface area contributed by atoms with E-state index in [9.17, 15) is 4.79 Å². The maximum atomic E-state index is 11.7. The lowest BCUT2D eigenvalue weighted by molar-refractivity contribution is -0.123. The number of hydrogen-bond donors (Lipinski definition) is 1. The first-order valence-corrected chi connectivity index (χ1v) is 6.45. The fraction of sp³-hybridized carbons (Fsp3) is 0.917. The Hall–Kier alpha value is -0.240. The topological polar surface area (TPSA) is 29.1 Å². The summed E-state index contributed by atoms with van der Waals surface area (Å²) in [6.07, 6.45) is 3.10. The zero-order valence-electron chi connectivity index (χ0n) is 9.98. The van der Waals surface area contributed by atoms with Gasteiger partial charge in [-0.15, -0.1) is 11.6 Å². The summed E-state index contributed by atoms with van der Waals surface area (Å²) in [4.78, 5) is 11.7. The van der Waals surface area contributed by atoms with Gasteiger partial charge < -0.3 is 5.32 Å². The van der Waals surface area contributed by atoms with E-state index in [1.807, 2.05) is 0 Å². The first kappa shape index (κ1) is 12.8. The van der Waals surface area contributed by atoms with Crippen LogP contribution in [0.4, 0.5) is 0 Å². The van der Waals surface area contributed by atoms with Crippen molar-refractivity contribution in [3.63, 3.8) is 0 Å². The monoisotopic (exact) mass is 231 g/mol. The van der Waals surface area contributed by atoms with E-state index in [2.05, 4.69) is 26.1 Å². The van der Waals surface area contributed by atoms with Crippen molar-refractivity contribution in [2.45, 2.75) is 40.0 Å². The average molecular weight is 232 g/mol. The van der Waals surface area contributed by atoms with Crippen LogP contribution in [0.15, 0.2) is 0 Å². The van der Waals surface area contributed by atoms with Crippen molar-refractivity contribution >= 4 is 17.5 Å². The lowest BCUT2D eigenvalue weighted by atomic mass is 9.84. The quantitative estimate of drug-likeness (QED) is 0.700. The van der Waals surface area contributed by atoms with E-state index in [4.69, 9.17) is 11.6 Å². The minimum Gasteiger partial charge on any atom is -0.355 e. The number of alkyl halides is 1. The summed E-state index contributed by atoms with van der Waals surface area (Å²) >= 11 is 5.98. The highest BCUT2D eigenvalue weighted by Gasteiger charge is 2.39. The van der Waals surface area contributed by atoms with E-state index >= 15 is 0 Å². The van der Waals surface area contributed by atoms with Crippen LogP contribution in [-0.4, -0.2) is 18.3 Å². The van der Waals surface area contributed by atoms with Gasteiger partial charge in [-0.25, -0.2) is 0 Å². The zero-order valence-corrected chi connectivity index (χ0v) is 10.7. The number of hydrogen-bond acceptors (Lipinski definition) is 1. The van der Waals surface area contributed by atoms with Crippen LogP contribution in [-0.2, 0) is 4.79 Å². The van der Waals surface area contributed by atoms with Crippen LogP contribution < -0.4 is 5.32 Å². The fourth-order valence-electron chi connectivity index (χ4n) is 1.83. The van der Waals surface area contributed by atoms with Crippen LogP contribution in [0.5, 0.6) is 0 Å². The summed E-state index contributed by atoms with van der Waals surface area (Å²) in [5.41, 5.74) is 0.0926. The van der Waals surface area contributed by atoms with Crippen molar-refractivity contribution in [3.8, 4) is 0 Å². The van der Waals surface area contributed by atoms with Gasteiger partial charge in [-0.05, 0) is 25.2 Å². The molecule has 1 amide bonds. The maximum absolute atomic E-state index is 11.7. The second-order valence-corrected chi connectivity index (χ2v) is 5.15. The molecule has 1 rings (SSSR count).